The van der Waals surface area contributed by atoms with Gasteiger partial charge in [-0.05, 0) is 23.6 Å². The molecule has 19 heavy (non-hydrogen) atoms. The van der Waals surface area contributed by atoms with Crippen molar-refractivity contribution in [2.24, 2.45) is 0 Å². The Bertz CT molecular complexity index is 555. The van der Waals surface area contributed by atoms with E-state index in [-0.39, 0.29) is 0 Å². The lowest BCUT2D eigenvalue weighted by Crippen LogP contribution is -2.13. The fourth-order valence-corrected chi connectivity index (χ4v) is 3.27. The van der Waals surface area contributed by atoms with Gasteiger partial charge in [-0.2, -0.15) is 0 Å². The summed E-state index contributed by atoms with van der Waals surface area (Å²) in [6, 6.07) is 7.70. The molecule has 100 valence electrons. The van der Waals surface area contributed by atoms with Crippen molar-refractivity contribution in [3.05, 3.63) is 34.5 Å². The summed E-state index contributed by atoms with van der Waals surface area (Å²) in [4.78, 5) is 24.9. The van der Waals surface area contributed by atoms with Gasteiger partial charge < -0.3 is 9.47 Å². The van der Waals surface area contributed by atoms with Gasteiger partial charge in [0.05, 0.1) is 4.88 Å². The Labute approximate surface area is 118 Å². The SMILES string of the molecule is CC(=O)OC(OC(C)=O)c1ccc(-c2cccs2)s1. The Morgan fingerprint density at radius 1 is 1.05 bits per heavy atom. The molecule has 0 fully saturated rings. The van der Waals surface area contributed by atoms with E-state index in [0.29, 0.717) is 4.88 Å². The Hall–Kier alpha value is -1.66. The first-order chi connectivity index (χ1) is 9.06. The number of ether oxygens (including phenoxy) is 2. The van der Waals surface area contributed by atoms with Crippen LogP contribution in [0, 0.1) is 0 Å². The van der Waals surface area contributed by atoms with E-state index < -0.39 is 18.2 Å². The van der Waals surface area contributed by atoms with Crippen molar-refractivity contribution in [2.45, 2.75) is 20.1 Å². The first-order valence-electron chi connectivity index (χ1n) is 5.54. The number of rotatable bonds is 4. The average molecular weight is 296 g/mol. The maximum atomic E-state index is 11.0. The molecule has 0 bridgehead atoms. The molecule has 0 unspecified atom stereocenters. The molecule has 0 spiro atoms. The summed E-state index contributed by atoms with van der Waals surface area (Å²) in [5, 5.41) is 1.99. The van der Waals surface area contributed by atoms with Gasteiger partial charge in [0, 0.05) is 23.6 Å². The van der Waals surface area contributed by atoms with E-state index in [2.05, 4.69) is 0 Å². The lowest BCUT2D eigenvalue weighted by molar-refractivity contribution is -0.185. The fourth-order valence-electron chi connectivity index (χ4n) is 1.47. The molecule has 2 aromatic heterocycles. The molecule has 0 aromatic carbocycles. The molecule has 0 N–H and O–H groups in total. The molecule has 2 aromatic rings. The van der Waals surface area contributed by atoms with Crippen LogP contribution >= 0.6 is 22.7 Å². The van der Waals surface area contributed by atoms with Crippen LogP contribution in [-0.2, 0) is 19.1 Å². The second kappa shape index (κ2) is 5.99. The molecule has 4 nitrogen and oxygen atoms in total. The first-order valence-corrected chi connectivity index (χ1v) is 7.24. The van der Waals surface area contributed by atoms with E-state index >= 15 is 0 Å². The molecule has 0 aliphatic rings. The van der Waals surface area contributed by atoms with Crippen molar-refractivity contribution in [1.29, 1.82) is 0 Å². The smallest absolute Gasteiger partial charge is 0.306 e. The van der Waals surface area contributed by atoms with Crippen LogP contribution in [0.3, 0.4) is 0 Å². The van der Waals surface area contributed by atoms with E-state index in [1.807, 2.05) is 23.6 Å². The van der Waals surface area contributed by atoms with Crippen LogP contribution in [-0.4, -0.2) is 11.9 Å². The summed E-state index contributed by atoms with van der Waals surface area (Å²) in [5.41, 5.74) is 0. The van der Waals surface area contributed by atoms with E-state index in [0.717, 1.165) is 9.75 Å². The van der Waals surface area contributed by atoms with E-state index in [1.165, 1.54) is 25.2 Å². The Morgan fingerprint density at radius 3 is 2.26 bits per heavy atom. The van der Waals surface area contributed by atoms with Gasteiger partial charge in [-0.25, -0.2) is 0 Å². The van der Waals surface area contributed by atoms with Crippen molar-refractivity contribution in [3.8, 4) is 9.75 Å². The third kappa shape index (κ3) is 3.65. The zero-order valence-corrected chi connectivity index (χ0v) is 12.0. The summed E-state index contributed by atoms with van der Waals surface area (Å²) in [6.45, 7) is 2.56. The van der Waals surface area contributed by atoms with Crippen molar-refractivity contribution >= 4 is 34.6 Å². The van der Waals surface area contributed by atoms with Crippen molar-refractivity contribution in [1.82, 2.24) is 0 Å². The minimum absolute atomic E-state index is 0.489. The second-order valence-corrected chi connectivity index (χ2v) is 5.79. The molecule has 0 aliphatic carbocycles. The highest BCUT2D eigenvalue weighted by Crippen LogP contribution is 2.35. The molecular formula is C13H12O4S2. The third-order valence-corrected chi connectivity index (χ3v) is 4.34. The number of hydrogen-bond acceptors (Lipinski definition) is 6. The molecule has 0 saturated heterocycles. The van der Waals surface area contributed by atoms with Crippen LogP contribution in [0.5, 0.6) is 0 Å². The molecule has 0 saturated carbocycles. The van der Waals surface area contributed by atoms with Gasteiger partial charge in [0.25, 0.3) is 6.29 Å². The molecule has 2 rings (SSSR count). The van der Waals surface area contributed by atoms with Crippen molar-refractivity contribution in [2.75, 3.05) is 0 Å². The number of hydrogen-bond donors (Lipinski definition) is 0. The molecular weight excluding hydrogens is 284 g/mol. The highest BCUT2D eigenvalue weighted by Gasteiger charge is 2.20. The number of carbonyl (C=O) groups excluding carboxylic acids is 2. The van der Waals surface area contributed by atoms with Gasteiger partial charge in [-0.15, -0.1) is 22.7 Å². The largest absolute Gasteiger partial charge is 0.420 e. The maximum Gasteiger partial charge on any atom is 0.306 e. The maximum absolute atomic E-state index is 11.0. The van der Waals surface area contributed by atoms with Crippen LogP contribution in [0.4, 0.5) is 0 Å². The summed E-state index contributed by atoms with van der Waals surface area (Å²) in [5.74, 6) is -0.977. The minimum atomic E-state index is -0.964. The number of carbonyl (C=O) groups is 2. The van der Waals surface area contributed by atoms with Crippen molar-refractivity contribution < 1.29 is 19.1 Å². The Balaban J connectivity index is 2.22. The van der Waals surface area contributed by atoms with Gasteiger partial charge in [0.2, 0.25) is 0 Å². The second-order valence-electron chi connectivity index (χ2n) is 3.73. The Morgan fingerprint density at radius 2 is 1.74 bits per heavy atom. The molecule has 0 radical (unpaired) electrons. The van der Waals surface area contributed by atoms with E-state index in [1.54, 1.807) is 17.4 Å². The van der Waals surface area contributed by atoms with Crippen LogP contribution in [0.1, 0.15) is 25.0 Å². The van der Waals surface area contributed by atoms with Crippen molar-refractivity contribution in [3.63, 3.8) is 0 Å². The lowest BCUT2D eigenvalue weighted by atomic mass is 10.3. The monoisotopic (exact) mass is 296 g/mol. The zero-order chi connectivity index (χ0) is 13.8. The molecule has 6 heteroatoms. The van der Waals surface area contributed by atoms with E-state index in [9.17, 15) is 9.59 Å². The van der Waals surface area contributed by atoms with Gasteiger partial charge in [0.15, 0.2) is 0 Å². The van der Waals surface area contributed by atoms with Gasteiger partial charge in [-0.1, -0.05) is 6.07 Å². The predicted molar refractivity (Wildman–Crippen MR) is 73.9 cm³/mol. The van der Waals surface area contributed by atoms with Crippen LogP contribution in [0.2, 0.25) is 0 Å². The topological polar surface area (TPSA) is 52.6 Å². The van der Waals surface area contributed by atoms with Gasteiger partial charge >= 0.3 is 11.9 Å². The zero-order valence-electron chi connectivity index (χ0n) is 10.4. The predicted octanol–water partition coefficient (Wildman–Crippen LogP) is 3.60. The molecule has 0 amide bonds. The normalized spacial score (nSPS) is 10.5. The molecule has 0 atom stereocenters. The summed E-state index contributed by atoms with van der Waals surface area (Å²) >= 11 is 3.06. The van der Waals surface area contributed by atoms with Crippen LogP contribution in [0.25, 0.3) is 9.75 Å². The lowest BCUT2D eigenvalue weighted by Gasteiger charge is -2.14. The van der Waals surface area contributed by atoms with Gasteiger partial charge in [0.1, 0.15) is 0 Å². The fraction of sp³-hybridized carbons (Fsp3) is 0.231. The highest BCUT2D eigenvalue weighted by molar-refractivity contribution is 7.21. The highest BCUT2D eigenvalue weighted by atomic mass is 32.1. The molecule has 2 heterocycles. The molecule has 0 aliphatic heterocycles. The average Bonchev–Trinajstić information content (AvgIpc) is 2.98. The van der Waals surface area contributed by atoms with Crippen LogP contribution < -0.4 is 0 Å². The Kier molecular flexibility index (Phi) is 4.34. The van der Waals surface area contributed by atoms with Crippen LogP contribution in [0.15, 0.2) is 29.6 Å². The number of esters is 2. The number of thiophene rings is 2. The first kappa shape index (κ1) is 13.8. The minimum Gasteiger partial charge on any atom is -0.420 e. The summed E-state index contributed by atoms with van der Waals surface area (Å²) in [6.07, 6.45) is -0.964. The standard InChI is InChI=1S/C13H12O4S2/c1-8(14)16-13(17-9(2)15)12-6-5-11(19-12)10-4-3-7-18-10/h3-7,13H,1-2H3. The van der Waals surface area contributed by atoms with Gasteiger partial charge in [-0.3, -0.25) is 9.59 Å². The summed E-state index contributed by atoms with van der Waals surface area (Å²) < 4.78 is 10.0. The third-order valence-electron chi connectivity index (χ3n) is 2.17. The quantitative estimate of drug-likeness (QED) is 0.639. The van der Waals surface area contributed by atoms with E-state index in [4.69, 9.17) is 9.47 Å². The summed E-state index contributed by atoms with van der Waals surface area (Å²) in [7, 11) is 0.